The molecular formula is C22H28O5Si. The van der Waals surface area contributed by atoms with Crippen molar-refractivity contribution in [1.82, 2.24) is 0 Å². The third kappa shape index (κ3) is 4.39. The van der Waals surface area contributed by atoms with Crippen LogP contribution in [0, 0.1) is 0 Å². The molecule has 5 nitrogen and oxygen atoms in total. The molecule has 2 rings (SSSR count). The average molecular weight is 401 g/mol. The number of aromatic hydroxyl groups is 2. The molecule has 0 saturated carbocycles. The second-order valence-electron chi connectivity index (χ2n) is 6.70. The minimum Gasteiger partial charge on any atom is -0.543 e. The van der Waals surface area contributed by atoms with E-state index in [4.69, 9.17) is 9.16 Å². The van der Waals surface area contributed by atoms with Crippen LogP contribution in [0.25, 0.3) is 17.2 Å². The SMILES string of the molecule is C=Cc1cc(O)cc(O)c1-c1c(OC(C)=O)cccc1O[Si](CC)(CC)CC. The molecule has 2 aromatic rings. The number of ether oxygens (including phenoxy) is 1. The van der Waals surface area contributed by atoms with Crippen LogP contribution in [-0.2, 0) is 4.79 Å². The summed E-state index contributed by atoms with van der Waals surface area (Å²) >= 11 is 0. The van der Waals surface area contributed by atoms with Gasteiger partial charge in [0, 0.05) is 18.6 Å². The zero-order chi connectivity index (χ0) is 20.9. The number of benzene rings is 2. The fourth-order valence-electron chi connectivity index (χ4n) is 3.35. The standard InChI is InChI=1S/C22H28O5Si/c1-6-16-13-17(24)14-18(25)21(16)22-19(26-15(5)23)11-10-12-20(22)27-28(7-2,8-3)9-4/h6,10-14,24-25H,1,7-9H2,2-5H3. The van der Waals surface area contributed by atoms with Crippen LogP contribution in [-0.4, -0.2) is 24.5 Å². The summed E-state index contributed by atoms with van der Waals surface area (Å²) in [7, 11) is -2.04. The van der Waals surface area contributed by atoms with Gasteiger partial charge >= 0.3 is 5.97 Å². The zero-order valence-corrected chi connectivity index (χ0v) is 17.9. The summed E-state index contributed by atoms with van der Waals surface area (Å²) in [6, 6.07) is 10.8. The summed E-state index contributed by atoms with van der Waals surface area (Å²) in [6.07, 6.45) is 1.53. The summed E-state index contributed by atoms with van der Waals surface area (Å²) in [5.41, 5.74) is 1.40. The van der Waals surface area contributed by atoms with E-state index in [1.54, 1.807) is 12.1 Å². The van der Waals surface area contributed by atoms with Crippen molar-refractivity contribution >= 4 is 20.4 Å². The molecule has 2 aromatic carbocycles. The number of rotatable bonds is 8. The summed E-state index contributed by atoms with van der Waals surface area (Å²) < 4.78 is 12.0. The number of hydrogen-bond donors (Lipinski definition) is 2. The van der Waals surface area contributed by atoms with Gasteiger partial charge in [-0.15, -0.1) is 0 Å². The number of phenols is 2. The van der Waals surface area contributed by atoms with Crippen molar-refractivity contribution in [3.05, 3.63) is 42.5 Å². The van der Waals surface area contributed by atoms with Crippen LogP contribution in [0.5, 0.6) is 23.0 Å². The largest absolute Gasteiger partial charge is 0.543 e. The molecule has 0 aromatic heterocycles. The molecule has 2 N–H and O–H groups in total. The van der Waals surface area contributed by atoms with Crippen LogP contribution < -0.4 is 9.16 Å². The molecule has 28 heavy (non-hydrogen) atoms. The molecule has 0 aliphatic heterocycles. The Hall–Kier alpha value is -2.73. The van der Waals surface area contributed by atoms with Crippen molar-refractivity contribution in [3.8, 4) is 34.1 Å². The quantitative estimate of drug-likeness (QED) is 0.337. The Bertz CT molecular complexity index is 863. The van der Waals surface area contributed by atoms with Gasteiger partial charge in [0.25, 0.3) is 8.32 Å². The van der Waals surface area contributed by atoms with Crippen molar-refractivity contribution < 1.29 is 24.2 Å². The lowest BCUT2D eigenvalue weighted by Crippen LogP contribution is -2.39. The molecule has 0 aliphatic rings. The van der Waals surface area contributed by atoms with E-state index in [0.29, 0.717) is 28.2 Å². The molecule has 0 bridgehead atoms. The molecule has 0 heterocycles. The second kappa shape index (κ2) is 8.97. The third-order valence-electron chi connectivity index (χ3n) is 5.10. The van der Waals surface area contributed by atoms with Gasteiger partial charge in [-0.3, -0.25) is 4.79 Å². The van der Waals surface area contributed by atoms with Gasteiger partial charge in [0.05, 0.1) is 5.56 Å². The van der Waals surface area contributed by atoms with E-state index in [9.17, 15) is 15.0 Å². The molecule has 0 saturated heterocycles. The summed E-state index contributed by atoms with van der Waals surface area (Å²) in [5, 5.41) is 20.5. The van der Waals surface area contributed by atoms with Crippen LogP contribution >= 0.6 is 0 Å². The highest BCUT2D eigenvalue weighted by Gasteiger charge is 2.33. The highest BCUT2D eigenvalue weighted by molar-refractivity contribution is 6.74. The number of carbonyl (C=O) groups excluding carboxylic acids is 1. The first-order chi connectivity index (χ1) is 13.3. The summed E-state index contributed by atoms with van der Waals surface area (Å²) in [5.74, 6) is 0.154. The first kappa shape index (κ1) is 21.6. The lowest BCUT2D eigenvalue weighted by molar-refractivity contribution is -0.131. The van der Waals surface area contributed by atoms with Gasteiger partial charge in [-0.25, -0.2) is 0 Å². The van der Waals surface area contributed by atoms with Crippen LogP contribution in [0.3, 0.4) is 0 Å². The van der Waals surface area contributed by atoms with Gasteiger partial charge in [-0.1, -0.05) is 39.5 Å². The van der Waals surface area contributed by atoms with Crippen molar-refractivity contribution in [2.45, 2.75) is 45.8 Å². The molecule has 0 spiro atoms. The fraction of sp³-hybridized carbons (Fsp3) is 0.318. The predicted molar refractivity (Wildman–Crippen MR) is 114 cm³/mol. The molecule has 0 aliphatic carbocycles. The van der Waals surface area contributed by atoms with Crippen molar-refractivity contribution in [1.29, 1.82) is 0 Å². The van der Waals surface area contributed by atoms with Gasteiger partial charge in [-0.2, -0.15) is 0 Å². The number of phenolic OH excluding ortho intramolecular Hbond substituents is 2. The van der Waals surface area contributed by atoms with Crippen molar-refractivity contribution in [2.75, 3.05) is 0 Å². The van der Waals surface area contributed by atoms with Crippen LogP contribution in [0.1, 0.15) is 33.3 Å². The maximum atomic E-state index is 11.7. The molecule has 0 unspecified atom stereocenters. The van der Waals surface area contributed by atoms with E-state index in [0.717, 1.165) is 18.1 Å². The average Bonchev–Trinajstić information content (AvgIpc) is 2.66. The van der Waals surface area contributed by atoms with E-state index in [-0.39, 0.29) is 11.5 Å². The molecule has 0 atom stereocenters. The highest BCUT2D eigenvalue weighted by Crippen LogP contribution is 2.47. The van der Waals surface area contributed by atoms with Crippen LogP contribution in [0.15, 0.2) is 36.9 Å². The first-order valence-corrected chi connectivity index (χ1v) is 12.0. The fourth-order valence-corrected chi connectivity index (χ4v) is 5.92. The topological polar surface area (TPSA) is 76.0 Å². The van der Waals surface area contributed by atoms with Gasteiger partial charge < -0.3 is 19.4 Å². The monoisotopic (exact) mass is 400 g/mol. The van der Waals surface area contributed by atoms with Gasteiger partial charge in [0.2, 0.25) is 0 Å². The van der Waals surface area contributed by atoms with Crippen LogP contribution in [0.2, 0.25) is 18.1 Å². The minimum absolute atomic E-state index is 0.0806. The lowest BCUT2D eigenvalue weighted by Gasteiger charge is -2.31. The Balaban J connectivity index is 2.81. The maximum absolute atomic E-state index is 11.7. The molecule has 6 heteroatoms. The van der Waals surface area contributed by atoms with Crippen LogP contribution in [0.4, 0.5) is 0 Å². The normalized spacial score (nSPS) is 11.1. The number of carbonyl (C=O) groups is 1. The Morgan fingerprint density at radius 3 is 2.21 bits per heavy atom. The molecule has 0 fully saturated rings. The Morgan fingerprint density at radius 1 is 1.07 bits per heavy atom. The van der Waals surface area contributed by atoms with Gasteiger partial charge in [0.15, 0.2) is 0 Å². The van der Waals surface area contributed by atoms with Crippen molar-refractivity contribution in [3.63, 3.8) is 0 Å². The Labute approximate surface area is 167 Å². The van der Waals surface area contributed by atoms with E-state index in [2.05, 4.69) is 27.4 Å². The highest BCUT2D eigenvalue weighted by atomic mass is 28.4. The summed E-state index contributed by atoms with van der Waals surface area (Å²) in [6.45, 7) is 11.5. The minimum atomic E-state index is -2.04. The lowest BCUT2D eigenvalue weighted by atomic mass is 9.96. The Morgan fingerprint density at radius 2 is 1.68 bits per heavy atom. The van der Waals surface area contributed by atoms with E-state index in [1.165, 1.54) is 25.1 Å². The zero-order valence-electron chi connectivity index (χ0n) is 16.9. The maximum Gasteiger partial charge on any atom is 0.308 e. The molecule has 0 amide bonds. The predicted octanol–water partition coefficient (Wildman–Crippen LogP) is 5.72. The Kier molecular flexibility index (Phi) is 6.91. The number of hydrogen-bond acceptors (Lipinski definition) is 5. The van der Waals surface area contributed by atoms with Crippen molar-refractivity contribution in [2.24, 2.45) is 0 Å². The van der Waals surface area contributed by atoms with Gasteiger partial charge in [-0.05, 0) is 41.9 Å². The van der Waals surface area contributed by atoms with E-state index >= 15 is 0 Å². The molecule has 0 radical (unpaired) electrons. The molecular weight excluding hydrogens is 372 g/mol. The number of esters is 1. The van der Waals surface area contributed by atoms with E-state index in [1.807, 2.05) is 6.07 Å². The molecule has 150 valence electrons. The first-order valence-electron chi connectivity index (χ1n) is 9.50. The smallest absolute Gasteiger partial charge is 0.308 e. The third-order valence-corrected chi connectivity index (χ3v) is 9.62. The summed E-state index contributed by atoms with van der Waals surface area (Å²) in [4.78, 5) is 11.7. The van der Waals surface area contributed by atoms with Gasteiger partial charge in [0.1, 0.15) is 23.0 Å². The second-order valence-corrected chi connectivity index (χ2v) is 11.4. The van der Waals surface area contributed by atoms with E-state index < -0.39 is 14.3 Å².